The van der Waals surface area contributed by atoms with Crippen molar-refractivity contribution in [3.8, 4) is 0 Å². The van der Waals surface area contributed by atoms with Gasteiger partial charge in [0.05, 0.1) is 13.5 Å². The molecule has 1 atom stereocenters. The summed E-state index contributed by atoms with van der Waals surface area (Å²) in [6, 6.07) is 0. The van der Waals surface area contributed by atoms with Gasteiger partial charge in [0.1, 0.15) is 6.10 Å². The summed E-state index contributed by atoms with van der Waals surface area (Å²) in [4.78, 5) is 22.3. The molecule has 0 amide bonds. The minimum atomic E-state index is -0.334. The van der Waals surface area contributed by atoms with Gasteiger partial charge in [0.15, 0.2) is 0 Å². The van der Waals surface area contributed by atoms with E-state index in [4.69, 9.17) is 4.74 Å². The molecule has 0 heterocycles. The van der Waals surface area contributed by atoms with Crippen LogP contribution in [0.4, 0.5) is 0 Å². The monoisotopic (exact) mass is 300 g/mol. The Morgan fingerprint density at radius 3 is 1.90 bits per heavy atom. The Balaban J connectivity index is 3.63. The summed E-state index contributed by atoms with van der Waals surface area (Å²) in [7, 11) is 1.35. The molecule has 0 unspecified atom stereocenters. The molecule has 0 saturated heterocycles. The van der Waals surface area contributed by atoms with Gasteiger partial charge in [-0.25, -0.2) is 0 Å². The molecular weight excluding hydrogens is 268 g/mol. The van der Waals surface area contributed by atoms with Crippen LogP contribution in [-0.4, -0.2) is 25.2 Å². The predicted octanol–water partition coefficient (Wildman–Crippen LogP) is 4.40. The van der Waals surface area contributed by atoms with E-state index in [0.717, 1.165) is 19.3 Å². The molecule has 0 rings (SSSR count). The molecule has 4 nitrogen and oxygen atoms in total. The van der Waals surface area contributed by atoms with Crippen LogP contribution in [0.3, 0.4) is 0 Å². The fourth-order valence-electron chi connectivity index (χ4n) is 2.39. The highest BCUT2D eigenvalue weighted by Gasteiger charge is 2.16. The van der Waals surface area contributed by atoms with Crippen LogP contribution in [0.2, 0.25) is 0 Å². The highest BCUT2D eigenvalue weighted by atomic mass is 16.6. The van der Waals surface area contributed by atoms with Gasteiger partial charge in [-0.1, -0.05) is 58.3 Å². The Morgan fingerprint density at radius 1 is 0.905 bits per heavy atom. The molecule has 0 spiro atoms. The van der Waals surface area contributed by atoms with Crippen molar-refractivity contribution < 1.29 is 19.1 Å². The van der Waals surface area contributed by atoms with Gasteiger partial charge in [0.2, 0.25) is 0 Å². The zero-order valence-electron chi connectivity index (χ0n) is 14.0. The van der Waals surface area contributed by atoms with Crippen LogP contribution in [0.5, 0.6) is 0 Å². The lowest BCUT2D eigenvalue weighted by Crippen LogP contribution is -2.21. The van der Waals surface area contributed by atoms with Crippen LogP contribution in [0.15, 0.2) is 0 Å². The number of methoxy groups -OCH3 is 1. The van der Waals surface area contributed by atoms with Crippen LogP contribution in [-0.2, 0) is 19.1 Å². The summed E-state index contributed by atoms with van der Waals surface area (Å²) in [5.41, 5.74) is 0. The van der Waals surface area contributed by atoms with Gasteiger partial charge < -0.3 is 9.47 Å². The predicted molar refractivity (Wildman–Crippen MR) is 84.0 cm³/mol. The van der Waals surface area contributed by atoms with Gasteiger partial charge in [0.25, 0.3) is 0 Å². The van der Waals surface area contributed by atoms with Crippen molar-refractivity contribution in [2.75, 3.05) is 7.11 Å². The Morgan fingerprint density at radius 2 is 1.43 bits per heavy atom. The minimum Gasteiger partial charge on any atom is -0.469 e. The zero-order chi connectivity index (χ0) is 15.9. The van der Waals surface area contributed by atoms with E-state index in [1.165, 1.54) is 59.0 Å². The summed E-state index contributed by atoms with van der Waals surface area (Å²) in [6.45, 7) is 3.61. The normalized spacial score (nSPS) is 12.0. The number of esters is 2. The van der Waals surface area contributed by atoms with Crippen LogP contribution < -0.4 is 0 Å². The Bertz CT molecular complexity index is 276. The number of hydrogen-bond donors (Lipinski definition) is 0. The first-order valence-electron chi connectivity index (χ1n) is 8.34. The molecule has 21 heavy (non-hydrogen) atoms. The van der Waals surface area contributed by atoms with Crippen molar-refractivity contribution in [3.63, 3.8) is 0 Å². The lowest BCUT2D eigenvalue weighted by Gasteiger charge is -2.15. The average molecular weight is 300 g/mol. The van der Waals surface area contributed by atoms with E-state index in [-0.39, 0.29) is 24.5 Å². The Labute approximate surface area is 129 Å². The Kier molecular flexibility index (Phi) is 13.2. The second-order valence-electron chi connectivity index (χ2n) is 5.63. The summed E-state index contributed by atoms with van der Waals surface area (Å²) in [5, 5.41) is 0. The number of carbonyl (C=O) groups excluding carboxylic acids is 2. The first kappa shape index (κ1) is 19.9. The van der Waals surface area contributed by atoms with E-state index in [1.807, 2.05) is 0 Å². The van der Waals surface area contributed by atoms with E-state index in [1.54, 1.807) is 0 Å². The third-order valence-corrected chi connectivity index (χ3v) is 3.58. The molecular formula is C17H32O4. The van der Waals surface area contributed by atoms with Crippen LogP contribution in [0.1, 0.15) is 84.5 Å². The number of carbonyl (C=O) groups is 2. The first-order valence-corrected chi connectivity index (χ1v) is 8.34. The molecule has 4 heteroatoms. The van der Waals surface area contributed by atoms with Crippen molar-refractivity contribution in [3.05, 3.63) is 0 Å². The third kappa shape index (κ3) is 13.7. The van der Waals surface area contributed by atoms with Crippen molar-refractivity contribution in [1.82, 2.24) is 0 Å². The fourth-order valence-corrected chi connectivity index (χ4v) is 2.39. The SMILES string of the molecule is CCCCCCCCCCC[C@H](CC(=O)OC)OC(C)=O. The molecule has 124 valence electrons. The van der Waals surface area contributed by atoms with Crippen LogP contribution in [0, 0.1) is 0 Å². The fraction of sp³-hybridized carbons (Fsp3) is 0.882. The van der Waals surface area contributed by atoms with Gasteiger partial charge in [-0.2, -0.15) is 0 Å². The van der Waals surface area contributed by atoms with E-state index in [0.29, 0.717) is 0 Å². The maximum atomic E-state index is 11.3. The summed E-state index contributed by atoms with van der Waals surface area (Å²) >= 11 is 0. The first-order chi connectivity index (χ1) is 10.1. The molecule has 0 saturated carbocycles. The van der Waals surface area contributed by atoms with Gasteiger partial charge >= 0.3 is 11.9 Å². The topological polar surface area (TPSA) is 52.6 Å². The second kappa shape index (κ2) is 13.9. The number of ether oxygens (including phenoxy) is 2. The maximum absolute atomic E-state index is 11.3. The van der Waals surface area contributed by atoms with Crippen molar-refractivity contribution in [2.45, 2.75) is 90.6 Å². The molecule has 0 radical (unpaired) electrons. The van der Waals surface area contributed by atoms with Crippen molar-refractivity contribution in [2.24, 2.45) is 0 Å². The van der Waals surface area contributed by atoms with Gasteiger partial charge in [-0.15, -0.1) is 0 Å². The maximum Gasteiger partial charge on any atom is 0.309 e. The smallest absolute Gasteiger partial charge is 0.309 e. The van der Waals surface area contributed by atoms with Gasteiger partial charge in [0, 0.05) is 6.92 Å². The van der Waals surface area contributed by atoms with Gasteiger partial charge in [-0.3, -0.25) is 9.59 Å². The van der Waals surface area contributed by atoms with E-state index in [2.05, 4.69) is 11.7 Å². The largest absolute Gasteiger partial charge is 0.469 e. The van der Waals surface area contributed by atoms with Crippen molar-refractivity contribution >= 4 is 11.9 Å². The van der Waals surface area contributed by atoms with Crippen LogP contribution >= 0.6 is 0 Å². The molecule has 0 aliphatic heterocycles. The molecule has 0 aliphatic carbocycles. The zero-order valence-corrected chi connectivity index (χ0v) is 14.0. The van der Waals surface area contributed by atoms with Crippen molar-refractivity contribution in [1.29, 1.82) is 0 Å². The van der Waals surface area contributed by atoms with E-state index in [9.17, 15) is 9.59 Å². The summed E-state index contributed by atoms with van der Waals surface area (Å²) in [6.07, 6.45) is 11.8. The number of hydrogen-bond acceptors (Lipinski definition) is 4. The highest BCUT2D eigenvalue weighted by molar-refractivity contribution is 5.71. The quantitative estimate of drug-likeness (QED) is 0.373. The summed E-state index contributed by atoms with van der Waals surface area (Å²) in [5.74, 6) is -0.656. The van der Waals surface area contributed by atoms with E-state index >= 15 is 0 Å². The molecule has 0 aromatic carbocycles. The van der Waals surface area contributed by atoms with E-state index < -0.39 is 0 Å². The number of unbranched alkanes of at least 4 members (excludes halogenated alkanes) is 8. The molecule has 0 aliphatic rings. The highest BCUT2D eigenvalue weighted by Crippen LogP contribution is 2.14. The molecule has 0 N–H and O–H groups in total. The summed E-state index contributed by atoms with van der Waals surface area (Å²) < 4.78 is 9.78. The Hall–Kier alpha value is -1.06. The second-order valence-corrected chi connectivity index (χ2v) is 5.63. The molecule has 0 bridgehead atoms. The average Bonchev–Trinajstić information content (AvgIpc) is 2.44. The lowest BCUT2D eigenvalue weighted by molar-refractivity contribution is -0.152. The molecule has 0 aromatic rings. The van der Waals surface area contributed by atoms with Gasteiger partial charge in [-0.05, 0) is 12.8 Å². The minimum absolute atomic E-state index is 0.160. The lowest BCUT2D eigenvalue weighted by atomic mass is 10.0. The molecule has 0 aromatic heterocycles. The third-order valence-electron chi connectivity index (χ3n) is 3.58. The number of rotatable bonds is 13. The molecule has 0 fully saturated rings. The standard InChI is InChI=1S/C17H32O4/c1-4-5-6-7-8-9-10-11-12-13-16(21-15(2)18)14-17(19)20-3/h16H,4-14H2,1-3H3/t16-/m1/s1. The van der Waals surface area contributed by atoms with Crippen LogP contribution in [0.25, 0.3) is 0 Å².